The second kappa shape index (κ2) is 4.45. The fourth-order valence-electron chi connectivity index (χ4n) is 1.64. The Kier molecular flexibility index (Phi) is 3.01. The van der Waals surface area contributed by atoms with Gasteiger partial charge in [-0.1, -0.05) is 18.2 Å². The molecule has 84 valence electrons. The van der Waals surface area contributed by atoms with Crippen LogP contribution >= 0.6 is 0 Å². The number of imidazole rings is 1. The van der Waals surface area contributed by atoms with E-state index in [0.717, 1.165) is 11.5 Å². The van der Waals surface area contributed by atoms with Gasteiger partial charge in [0.25, 0.3) is 0 Å². The van der Waals surface area contributed by atoms with Crippen molar-refractivity contribution in [3.05, 3.63) is 53.4 Å². The summed E-state index contributed by atoms with van der Waals surface area (Å²) in [6.07, 6.45) is 1.86. The molecule has 2 N–H and O–H groups in total. The lowest BCUT2D eigenvalue weighted by molar-refractivity contribution is 0.597. The van der Waals surface area contributed by atoms with E-state index in [0.29, 0.717) is 18.7 Å². The van der Waals surface area contributed by atoms with Gasteiger partial charge in [-0.05, 0) is 13.0 Å². The average Bonchev–Trinajstić information content (AvgIpc) is 2.63. The van der Waals surface area contributed by atoms with E-state index in [4.69, 9.17) is 5.73 Å². The summed E-state index contributed by atoms with van der Waals surface area (Å²) in [6, 6.07) is 6.75. The van der Waals surface area contributed by atoms with E-state index >= 15 is 0 Å². The zero-order valence-corrected chi connectivity index (χ0v) is 9.15. The van der Waals surface area contributed by atoms with Gasteiger partial charge in [0.2, 0.25) is 0 Å². The summed E-state index contributed by atoms with van der Waals surface area (Å²) >= 11 is 0. The van der Waals surface area contributed by atoms with Crippen molar-refractivity contribution in [2.75, 3.05) is 0 Å². The van der Waals surface area contributed by atoms with Crippen LogP contribution in [0.5, 0.6) is 0 Å². The fourth-order valence-corrected chi connectivity index (χ4v) is 1.64. The molecule has 0 saturated carbocycles. The molecule has 0 saturated heterocycles. The molecule has 0 aliphatic heterocycles. The van der Waals surface area contributed by atoms with Crippen LogP contribution in [0.2, 0.25) is 0 Å². The van der Waals surface area contributed by atoms with Gasteiger partial charge in [-0.25, -0.2) is 9.37 Å². The van der Waals surface area contributed by atoms with Crippen LogP contribution in [0.1, 0.15) is 17.1 Å². The van der Waals surface area contributed by atoms with Crippen molar-refractivity contribution in [2.45, 2.75) is 20.0 Å². The Morgan fingerprint density at radius 1 is 1.38 bits per heavy atom. The van der Waals surface area contributed by atoms with E-state index in [9.17, 15) is 4.39 Å². The number of aryl methyl sites for hydroxylation is 1. The van der Waals surface area contributed by atoms with Crippen LogP contribution in [-0.2, 0) is 13.1 Å². The van der Waals surface area contributed by atoms with E-state index in [1.807, 2.05) is 23.8 Å². The molecule has 3 nitrogen and oxygen atoms in total. The van der Waals surface area contributed by atoms with Gasteiger partial charge < -0.3 is 10.3 Å². The third-order valence-corrected chi connectivity index (χ3v) is 2.53. The molecule has 16 heavy (non-hydrogen) atoms. The minimum absolute atomic E-state index is 0.190. The van der Waals surface area contributed by atoms with Gasteiger partial charge in [0.15, 0.2) is 0 Å². The van der Waals surface area contributed by atoms with Crippen LogP contribution < -0.4 is 5.73 Å². The zero-order valence-electron chi connectivity index (χ0n) is 9.15. The molecule has 0 atom stereocenters. The van der Waals surface area contributed by atoms with Crippen molar-refractivity contribution >= 4 is 0 Å². The minimum Gasteiger partial charge on any atom is -0.330 e. The van der Waals surface area contributed by atoms with Crippen LogP contribution in [0.3, 0.4) is 0 Å². The first-order chi connectivity index (χ1) is 7.70. The van der Waals surface area contributed by atoms with Crippen LogP contribution in [0.4, 0.5) is 4.39 Å². The van der Waals surface area contributed by atoms with Gasteiger partial charge in [-0.2, -0.15) is 0 Å². The Morgan fingerprint density at radius 2 is 2.12 bits per heavy atom. The molecule has 4 heteroatoms. The molecule has 0 bridgehead atoms. The predicted molar refractivity (Wildman–Crippen MR) is 60.4 cm³/mol. The first-order valence-electron chi connectivity index (χ1n) is 5.17. The Balaban J connectivity index is 2.27. The van der Waals surface area contributed by atoms with Crippen molar-refractivity contribution in [1.29, 1.82) is 0 Å². The quantitative estimate of drug-likeness (QED) is 0.856. The van der Waals surface area contributed by atoms with Gasteiger partial charge in [0, 0.05) is 18.3 Å². The zero-order chi connectivity index (χ0) is 11.5. The summed E-state index contributed by atoms with van der Waals surface area (Å²) in [5.41, 5.74) is 6.99. The first kappa shape index (κ1) is 10.8. The first-order valence-corrected chi connectivity index (χ1v) is 5.17. The number of aromatic nitrogens is 2. The highest BCUT2D eigenvalue weighted by molar-refractivity contribution is 5.18. The van der Waals surface area contributed by atoms with E-state index in [-0.39, 0.29) is 5.82 Å². The maximum atomic E-state index is 13.4. The average molecular weight is 219 g/mol. The van der Waals surface area contributed by atoms with Gasteiger partial charge in [-0.15, -0.1) is 0 Å². The van der Waals surface area contributed by atoms with Crippen LogP contribution in [0, 0.1) is 12.7 Å². The molecule has 0 spiro atoms. The maximum absolute atomic E-state index is 13.4. The molecule has 0 unspecified atom stereocenters. The summed E-state index contributed by atoms with van der Waals surface area (Å²) in [4.78, 5) is 4.27. The normalized spacial score (nSPS) is 10.7. The van der Waals surface area contributed by atoms with Crippen LogP contribution in [-0.4, -0.2) is 9.55 Å². The molecule has 0 radical (unpaired) electrons. The van der Waals surface area contributed by atoms with Crippen LogP contribution in [0.15, 0.2) is 30.5 Å². The molecular weight excluding hydrogens is 205 g/mol. The third kappa shape index (κ3) is 2.12. The van der Waals surface area contributed by atoms with E-state index < -0.39 is 0 Å². The van der Waals surface area contributed by atoms with Crippen molar-refractivity contribution < 1.29 is 4.39 Å². The topological polar surface area (TPSA) is 43.8 Å². The molecule has 0 amide bonds. The van der Waals surface area contributed by atoms with Crippen LogP contribution in [0.25, 0.3) is 0 Å². The molecule has 1 heterocycles. The lowest BCUT2D eigenvalue weighted by Crippen LogP contribution is -2.02. The summed E-state index contributed by atoms with van der Waals surface area (Å²) in [5, 5.41) is 0. The standard InChI is InChI=1S/C12H14FN3/c1-9-15-11(6-14)8-16(9)7-10-4-2-3-5-12(10)13/h2-5,8H,6-7,14H2,1H3. The Labute approximate surface area is 93.7 Å². The largest absolute Gasteiger partial charge is 0.330 e. The smallest absolute Gasteiger partial charge is 0.128 e. The molecule has 1 aromatic carbocycles. The third-order valence-electron chi connectivity index (χ3n) is 2.53. The summed E-state index contributed by atoms with van der Waals surface area (Å²) in [7, 11) is 0. The Bertz CT molecular complexity index is 491. The summed E-state index contributed by atoms with van der Waals surface area (Å²) in [6.45, 7) is 2.79. The Hall–Kier alpha value is -1.68. The highest BCUT2D eigenvalue weighted by atomic mass is 19.1. The minimum atomic E-state index is -0.190. The van der Waals surface area contributed by atoms with Gasteiger partial charge >= 0.3 is 0 Å². The van der Waals surface area contributed by atoms with E-state index in [1.165, 1.54) is 6.07 Å². The molecule has 1 aromatic heterocycles. The van der Waals surface area contributed by atoms with Crippen molar-refractivity contribution in [3.8, 4) is 0 Å². The SMILES string of the molecule is Cc1nc(CN)cn1Cc1ccccc1F. The molecule has 0 aliphatic carbocycles. The summed E-state index contributed by atoms with van der Waals surface area (Å²) < 4.78 is 15.3. The number of hydrogen-bond acceptors (Lipinski definition) is 2. The van der Waals surface area contributed by atoms with E-state index in [2.05, 4.69) is 4.98 Å². The van der Waals surface area contributed by atoms with Gasteiger partial charge in [-0.3, -0.25) is 0 Å². The van der Waals surface area contributed by atoms with Gasteiger partial charge in [0.1, 0.15) is 11.6 Å². The number of nitrogens with zero attached hydrogens (tertiary/aromatic N) is 2. The molecule has 0 aliphatic rings. The fraction of sp³-hybridized carbons (Fsp3) is 0.250. The maximum Gasteiger partial charge on any atom is 0.128 e. The number of halogens is 1. The second-order valence-electron chi connectivity index (χ2n) is 3.70. The second-order valence-corrected chi connectivity index (χ2v) is 3.70. The molecular formula is C12H14FN3. The molecule has 2 rings (SSSR count). The lowest BCUT2D eigenvalue weighted by atomic mass is 10.2. The number of nitrogens with two attached hydrogens (primary N) is 1. The van der Waals surface area contributed by atoms with Crippen molar-refractivity contribution in [3.63, 3.8) is 0 Å². The number of rotatable bonds is 3. The van der Waals surface area contributed by atoms with Gasteiger partial charge in [0.05, 0.1) is 12.2 Å². The molecule has 2 aromatic rings. The predicted octanol–water partition coefficient (Wildman–Crippen LogP) is 1.84. The highest BCUT2D eigenvalue weighted by Gasteiger charge is 2.06. The lowest BCUT2D eigenvalue weighted by Gasteiger charge is -2.05. The number of hydrogen-bond donors (Lipinski definition) is 1. The molecule has 0 fully saturated rings. The Morgan fingerprint density at radius 3 is 2.75 bits per heavy atom. The number of benzene rings is 1. The summed E-state index contributed by atoms with van der Waals surface area (Å²) in [5.74, 6) is 0.661. The highest BCUT2D eigenvalue weighted by Crippen LogP contribution is 2.11. The van der Waals surface area contributed by atoms with Crippen molar-refractivity contribution in [1.82, 2.24) is 9.55 Å². The van der Waals surface area contributed by atoms with Crippen molar-refractivity contribution in [2.24, 2.45) is 5.73 Å². The monoisotopic (exact) mass is 219 g/mol. The van der Waals surface area contributed by atoms with E-state index in [1.54, 1.807) is 12.1 Å².